The van der Waals surface area contributed by atoms with Gasteiger partial charge in [0.15, 0.2) is 5.60 Å². The molecule has 1 heterocycles. The first-order valence-corrected chi connectivity index (χ1v) is 12.0. The molecule has 0 saturated heterocycles. The van der Waals surface area contributed by atoms with E-state index in [-0.39, 0.29) is 5.91 Å². The third-order valence-corrected chi connectivity index (χ3v) is 6.96. The van der Waals surface area contributed by atoms with E-state index in [1.54, 1.807) is 12.1 Å². The lowest BCUT2D eigenvalue weighted by Gasteiger charge is -2.24. The second-order valence-corrected chi connectivity index (χ2v) is 9.91. The number of ether oxygens (including phenoxy) is 1. The fraction of sp³-hybridized carbons (Fsp3) is 0.444. The summed E-state index contributed by atoms with van der Waals surface area (Å²) in [7, 11) is 0. The number of carbonyl (C=O) groups is 2. The van der Waals surface area contributed by atoms with Crippen LogP contribution in [0.1, 0.15) is 63.5 Å². The van der Waals surface area contributed by atoms with Gasteiger partial charge in [0.1, 0.15) is 5.75 Å². The predicted octanol–water partition coefficient (Wildman–Crippen LogP) is 6.23. The van der Waals surface area contributed by atoms with Crippen molar-refractivity contribution in [2.24, 2.45) is 10.5 Å². The first kappa shape index (κ1) is 25.7. The molecule has 1 fully saturated rings. The van der Waals surface area contributed by atoms with Crippen LogP contribution in [-0.4, -0.2) is 28.3 Å². The molecule has 1 aliphatic carbocycles. The molecule has 6 nitrogen and oxygen atoms in total. The van der Waals surface area contributed by atoms with Gasteiger partial charge >= 0.3 is 12.1 Å². The number of benzene rings is 2. The Labute approximate surface area is 207 Å². The number of alkyl halides is 3. The fourth-order valence-electron chi connectivity index (χ4n) is 4.85. The van der Waals surface area contributed by atoms with Crippen molar-refractivity contribution in [1.82, 2.24) is 0 Å². The summed E-state index contributed by atoms with van der Waals surface area (Å²) in [5, 5.41) is 15.1. The molecule has 192 valence electrons. The van der Waals surface area contributed by atoms with Crippen LogP contribution in [0.3, 0.4) is 0 Å². The Balaban J connectivity index is 1.44. The number of amides is 1. The fourth-order valence-corrected chi connectivity index (χ4v) is 4.85. The number of carboxylic acid groups (broad SMARTS) is 1. The molecule has 0 radical (unpaired) electrons. The van der Waals surface area contributed by atoms with Crippen molar-refractivity contribution in [3.8, 4) is 5.75 Å². The highest BCUT2D eigenvalue weighted by Gasteiger charge is 2.52. The summed E-state index contributed by atoms with van der Waals surface area (Å²) in [6.45, 7) is 2.97. The average Bonchev–Trinajstić information content (AvgIpc) is 3.41. The maximum Gasteiger partial charge on any atom is 0.416 e. The number of halogens is 3. The molecule has 1 saturated carbocycles. The van der Waals surface area contributed by atoms with Gasteiger partial charge < -0.3 is 9.84 Å². The van der Waals surface area contributed by atoms with Crippen LogP contribution in [0.4, 0.5) is 18.9 Å². The minimum absolute atomic E-state index is 0.155. The van der Waals surface area contributed by atoms with Crippen molar-refractivity contribution < 1.29 is 32.6 Å². The Hall–Kier alpha value is -3.36. The number of nitrogens with zero attached hydrogens (tertiary/aromatic N) is 2. The average molecular weight is 503 g/mol. The maximum atomic E-state index is 13.4. The van der Waals surface area contributed by atoms with Crippen molar-refractivity contribution in [3.63, 3.8) is 0 Å². The SMILES string of the molecule is CC(C)(Oc1ccc(CCCC2=NN(c3ccc(C(F)(F)F)cc3)C(=O)C23CCCC3)cc1)C(=O)O. The number of carbonyl (C=O) groups excluding carboxylic acids is 1. The molecule has 2 aromatic carbocycles. The quantitative estimate of drug-likeness (QED) is 0.464. The van der Waals surface area contributed by atoms with Crippen LogP contribution in [0, 0.1) is 5.41 Å². The Morgan fingerprint density at radius 3 is 2.19 bits per heavy atom. The topological polar surface area (TPSA) is 79.2 Å². The van der Waals surface area contributed by atoms with Crippen molar-refractivity contribution in [2.45, 2.75) is 70.6 Å². The smallest absolute Gasteiger partial charge is 0.416 e. The third kappa shape index (κ3) is 5.10. The van der Waals surface area contributed by atoms with Gasteiger partial charge in [0.2, 0.25) is 0 Å². The zero-order chi connectivity index (χ0) is 26.1. The predicted molar refractivity (Wildman–Crippen MR) is 129 cm³/mol. The first-order chi connectivity index (χ1) is 16.9. The van der Waals surface area contributed by atoms with E-state index in [1.807, 2.05) is 12.1 Å². The number of aliphatic carboxylic acids is 1. The number of anilines is 1. The Bertz CT molecular complexity index is 1150. The summed E-state index contributed by atoms with van der Waals surface area (Å²) < 4.78 is 44.4. The number of carboxylic acids is 1. The highest BCUT2D eigenvalue weighted by atomic mass is 19.4. The van der Waals surface area contributed by atoms with Gasteiger partial charge in [0.05, 0.1) is 22.4 Å². The zero-order valence-corrected chi connectivity index (χ0v) is 20.3. The van der Waals surface area contributed by atoms with Crippen LogP contribution in [0.15, 0.2) is 53.6 Å². The van der Waals surface area contributed by atoms with E-state index in [1.165, 1.54) is 31.0 Å². The van der Waals surface area contributed by atoms with Gasteiger partial charge in [-0.05, 0) is 87.9 Å². The lowest BCUT2D eigenvalue weighted by Crippen LogP contribution is -2.37. The summed E-state index contributed by atoms with van der Waals surface area (Å²) in [4.78, 5) is 24.6. The first-order valence-electron chi connectivity index (χ1n) is 12.0. The Kier molecular flexibility index (Phi) is 6.86. The van der Waals surface area contributed by atoms with Gasteiger partial charge in [0.25, 0.3) is 5.91 Å². The largest absolute Gasteiger partial charge is 0.478 e. The molecule has 0 atom stereocenters. The van der Waals surface area contributed by atoms with E-state index >= 15 is 0 Å². The van der Waals surface area contributed by atoms with Crippen LogP contribution in [-0.2, 0) is 22.2 Å². The summed E-state index contributed by atoms with van der Waals surface area (Å²) in [5.74, 6) is -0.740. The number of rotatable bonds is 8. The van der Waals surface area contributed by atoms with Gasteiger partial charge in [-0.15, -0.1) is 0 Å². The summed E-state index contributed by atoms with van der Waals surface area (Å²) in [6, 6.07) is 11.8. The Morgan fingerprint density at radius 1 is 1.03 bits per heavy atom. The highest BCUT2D eigenvalue weighted by Crippen LogP contribution is 2.47. The van der Waals surface area contributed by atoms with Crippen LogP contribution < -0.4 is 9.75 Å². The molecule has 1 N–H and O–H groups in total. The number of aryl methyl sites for hydroxylation is 1. The highest BCUT2D eigenvalue weighted by molar-refractivity contribution is 6.19. The van der Waals surface area contributed by atoms with E-state index in [4.69, 9.17) is 4.74 Å². The summed E-state index contributed by atoms with van der Waals surface area (Å²) in [6.07, 6.45) is 0.875. The number of hydrazone groups is 1. The van der Waals surface area contributed by atoms with Gasteiger partial charge in [-0.2, -0.15) is 23.3 Å². The monoisotopic (exact) mass is 502 g/mol. The van der Waals surface area contributed by atoms with Gasteiger partial charge in [-0.25, -0.2) is 4.79 Å². The van der Waals surface area contributed by atoms with Crippen LogP contribution in [0.2, 0.25) is 0 Å². The van der Waals surface area contributed by atoms with Gasteiger partial charge in [-0.1, -0.05) is 25.0 Å². The molecule has 0 aromatic heterocycles. The van der Waals surface area contributed by atoms with E-state index in [9.17, 15) is 27.9 Å². The van der Waals surface area contributed by atoms with Crippen LogP contribution in [0.5, 0.6) is 5.75 Å². The second-order valence-electron chi connectivity index (χ2n) is 9.91. The van der Waals surface area contributed by atoms with Crippen molar-refractivity contribution in [2.75, 3.05) is 5.01 Å². The number of hydrogen-bond acceptors (Lipinski definition) is 4. The molecule has 9 heteroatoms. The molecule has 0 bridgehead atoms. The molecule has 2 aliphatic rings. The normalized spacial score (nSPS) is 17.5. The van der Waals surface area contributed by atoms with Gasteiger partial charge in [-0.3, -0.25) is 4.79 Å². The van der Waals surface area contributed by atoms with Crippen LogP contribution in [0.25, 0.3) is 0 Å². The van der Waals surface area contributed by atoms with Crippen LogP contribution >= 0.6 is 0 Å². The molecule has 1 aliphatic heterocycles. The molecule has 2 aromatic rings. The van der Waals surface area contributed by atoms with E-state index in [0.29, 0.717) is 30.7 Å². The third-order valence-electron chi connectivity index (χ3n) is 6.96. The summed E-state index contributed by atoms with van der Waals surface area (Å²) in [5.41, 5.74) is -0.574. The van der Waals surface area contributed by atoms with Crippen molar-refractivity contribution >= 4 is 23.3 Å². The molecule has 4 rings (SSSR count). The maximum absolute atomic E-state index is 13.4. The molecule has 1 amide bonds. The van der Waals surface area contributed by atoms with E-state index < -0.39 is 28.7 Å². The van der Waals surface area contributed by atoms with E-state index in [2.05, 4.69) is 5.10 Å². The number of hydrogen-bond donors (Lipinski definition) is 1. The zero-order valence-electron chi connectivity index (χ0n) is 20.3. The van der Waals surface area contributed by atoms with Crippen molar-refractivity contribution in [1.29, 1.82) is 0 Å². The Morgan fingerprint density at radius 2 is 1.64 bits per heavy atom. The lowest BCUT2D eigenvalue weighted by atomic mass is 9.78. The summed E-state index contributed by atoms with van der Waals surface area (Å²) >= 11 is 0. The van der Waals surface area contributed by atoms with Crippen molar-refractivity contribution in [3.05, 3.63) is 59.7 Å². The minimum Gasteiger partial charge on any atom is -0.478 e. The van der Waals surface area contributed by atoms with E-state index in [0.717, 1.165) is 49.1 Å². The lowest BCUT2D eigenvalue weighted by molar-refractivity contribution is -0.152. The molecular formula is C27H29F3N2O4. The second kappa shape index (κ2) is 9.59. The molecule has 0 unspecified atom stereocenters. The van der Waals surface area contributed by atoms with Gasteiger partial charge in [0, 0.05) is 0 Å². The minimum atomic E-state index is -4.44. The standard InChI is InChI=1S/C27H29F3N2O4/c1-25(2,24(34)35)36-21-14-8-18(9-15-21)6-5-7-22-26(16-3-4-17-26)23(33)32(31-22)20-12-10-19(11-13-20)27(28,29)30/h8-15H,3-7,16-17H2,1-2H3,(H,34,35). The molecule has 36 heavy (non-hydrogen) atoms. The molecular weight excluding hydrogens is 473 g/mol. The molecule has 1 spiro atoms.